The lowest BCUT2D eigenvalue weighted by Crippen LogP contribution is -2.26. The molecule has 0 spiro atoms. The summed E-state index contributed by atoms with van der Waals surface area (Å²) < 4.78 is 0. The lowest BCUT2D eigenvalue weighted by Gasteiger charge is -2.04. The number of aromatic amines is 1. The Morgan fingerprint density at radius 1 is 1.39 bits per heavy atom. The molecule has 0 unspecified atom stereocenters. The molecule has 0 aliphatic rings. The summed E-state index contributed by atoms with van der Waals surface area (Å²) in [6, 6.07) is 7.58. The molecule has 1 amide bonds. The van der Waals surface area contributed by atoms with Crippen LogP contribution in [-0.2, 0) is 11.2 Å². The van der Waals surface area contributed by atoms with Crippen LogP contribution in [-0.4, -0.2) is 22.4 Å². The molecule has 0 fully saturated rings. The minimum Gasteiger partial charge on any atom is -0.355 e. The van der Waals surface area contributed by atoms with Gasteiger partial charge in [-0.05, 0) is 24.1 Å². The highest BCUT2D eigenvalue weighted by Crippen LogP contribution is 2.09. The number of amides is 1. The molecule has 2 rings (SSSR count). The summed E-state index contributed by atoms with van der Waals surface area (Å²) in [5.74, 6) is 0.401. The van der Waals surface area contributed by atoms with Gasteiger partial charge in [0, 0.05) is 24.0 Å². The maximum atomic E-state index is 11.5. The van der Waals surface area contributed by atoms with Crippen molar-refractivity contribution < 1.29 is 4.79 Å². The predicted molar refractivity (Wildman–Crippen MR) is 70.2 cm³/mol. The number of rotatable bonds is 5. The minimum atomic E-state index is -0.154. The zero-order valence-corrected chi connectivity index (χ0v) is 10.4. The molecule has 2 aromatic rings. The molecular formula is C13H13ClN3O. The van der Waals surface area contributed by atoms with Gasteiger partial charge in [-0.1, -0.05) is 23.7 Å². The maximum absolute atomic E-state index is 11.5. The number of imidazole rings is 1. The Morgan fingerprint density at radius 2 is 2.17 bits per heavy atom. The molecule has 0 saturated carbocycles. The first-order chi connectivity index (χ1) is 8.74. The molecule has 1 aromatic heterocycles. The molecule has 0 saturated heterocycles. The van der Waals surface area contributed by atoms with E-state index in [-0.39, 0.29) is 5.91 Å². The molecule has 0 aliphatic carbocycles. The molecule has 18 heavy (non-hydrogen) atoms. The van der Waals surface area contributed by atoms with Gasteiger partial charge in [-0.3, -0.25) is 4.79 Å². The first-order valence-electron chi connectivity index (χ1n) is 5.60. The molecule has 93 valence electrons. The largest absolute Gasteiger partial charge is 0.355 e. The number of carbonyl (C=O) groups is 1. The van der Waals surface area contributed by atoms with E-state index in [9.17, 15) is 4.79 Å². The topological polar surface area (TPSA) is 57.8 Å². The van der Waals surface area contributed by atoms with Crippen molar-refractivity contribution in [3.63, 3.8) is 0 Å². The minimum absolute atomic E-state index is 0.154. The van der Waals surface area contributed by atoms with Gasteiger partial charge in [-0.2, -0.15) is 0 Å². The number of nitrogens with zero attached hydrogens (tertiary/aromatic N) is 1. The number of benzene rings is 1. The number of carbonyl (C=O) groups excluding carboxylic acids is 1. The van der Waals surface area contributed by atoms with Crippen molar-refractivity contribution in [1.29, 1.82) is 0 Å². The summed E-state index contributed by atoms with van der Waals surface area (Å²) in [6.07, 6.45) is 5.48. The van der Waals surface area contributed by atoms with Crippen molar-refractivity contribution in [2.24, 2.45) is 0 Å². The van der Waals surface area contributed by atoms with Crippen LogP contribution in [0.2, 0.25) is 5.02 Å². The molecule has 1 aromatic carbocycles. The fourth-order valence-electron chi connectivity index (χ4n) is 1.51. The van der Waals surface area contributed by atoms with Gasteiger partial charge in [0.25, 0.3) is 0 Å². The van der Waals surface area contributed by atoms with Gasteiger partial charge in [0.05, 0.1) is 0 Å². The molecule has 0 bridgehead atoms. The summed E-state index contributed by atoms with van der Waals surface area (Å²) in [5.41, 5.74) is 1.14. The summed E-state index contributed by atoms with van der Waals surface area (Å²) in [6.45, 7) is 0.581. The molecule has 4 nitrogen and oxygen atoms in total. The van der Waals surface area contributed by atoms with Gasteiger partial charge in [-0.15, -0.1) is 0 Å². The molecule has 2 N–H and O–H groups in total. The van der Waals surface area contributed by atoms with E-state index in [1.807, 2.05) is 24.3 Å². The highest BCUT2D eigenvalue weighted by atomic mass is 35.5. The van der Waals surface area contributed by atoms with Crippen molar-refractivity contribution >= 4 is 17.5 Å². The zero-order chi connectivity index (χ0) is 12.8. The highest BCUT2D eigenvalue weighted by Gasteiger charge is 2.04. The van der Waals surface area contributed by atoms with Crippen LogP contribution < -0.4 is 5.32 Å². The van der Waals surface area contributed by atoms with E-state index in [1.54, 1.807) is 12.4 Å². The van der Waals surface area contributed by atoms with E-state index in [1.165, 1.54) is 6.42 Å². The Labute approximate surface area is 110 Å². The second-order valence-corrected chi connectivity index (χ2v) is 4.22. The molecule has 5 heteroatoms. The Bertz CT molecular complexity index is 493. The summed E-state index contributed by atoms with van der Waals surface area (Å²) >= 11 is 5.79. The quantitative estimate of drug-likeness (QED) is 0.866. The van der Waals surface area contributed by atoms with Crippen LogP contribution in [0.25, 0.3) is 0 Å². The van der Waals surface area contributed by atoms with Crippen molar-refractivity contribution in [1.82, 2.24) is 15.3 Å². The van der Waals surface area contributed by atoms with Crippen molar-refractivity contribution in [2.75, 3.05) is 6.54 Å². The Kier molecular flexibility index (Phi) is 4.36. The second-order valence-electron chi connectivity index (χ2n) is 3.79. The van der Waals surface area contributed by atoms with Crippen molar-refractivity contribution in [3.05, 3.63) is 59.5 Å². The molecule has 0 aliphatic heterocycles. The Hall–Kier alpha value is -1.81. The average Bonchev–Trinajstić information content (AvgIpc) is 2.84. The van der Waals surface area contributed by atoms with E-state index in [0.717, 1.165) is 12.0 Å². The zero-order valence-electron chi connectivity index (χ0n) is 9.69. The first-order valence-corrected chi connectivity index (χ1v) is 5.98. The van der Waals surface area contributed by atoms with Crippen LogP contribution in [0.3, 0.4) is 0 Å². The molecule has 1 radical (unpaired) electrons. The number of halogens is 1. The van der Waals surface area contributed by atoms with E-state index in [0.29, 0.717) is 17.4 Å². The van der Waals surface area contributed by atoms with Gasteiger partial charge in [0.1, 0.15) is 12.2 Å². The van der Waals surface area contributed by atoms with E-state index in [2.05, 4.69) is 15.3 Å². The smallest absolute Gasteiger partial charge is 0.232 e. The normalized spacial score (nSPS) is 10.3. The van der Waals surface area contributed by atoms with Gasteiger partial charge >= 0.3 is 0 Å². The molecule has 1 heterocycles. The lowest BCUT2D eigenvalue weighted by molar-refractivity contribution is -0.117. The molecule has 0 atom stereocenters. The van der Waals surface area contributed by atoms with E-state index < -0.39 is 0 Å². The van der Waals surface area contributed by atoms with Crippen molar-refractivity contribution in [3.8, 4) is 0 Å². The third-order valence-electron chi connectivity index (χ3n) is 2.41. The fraction of sp³-hybridized carbons (Fsp3) is 0.154. The van der Waals surface area contributed by atoms with E-state index in [4.69, 9.17) is 11.6 Å². The monoisotopic (exact) mass is 262 g/mol. The fourth-order valence-corrected chi connectivity index (χ4v) is 1.64. The Balaban J connectivity index is 1.72. The van der Waals surface area contributed by atoms with Gasteiger partial charge in [-0.25, -0.2) is 4.98 Å². The van der Waals surface area contributed by atoms with Crippen molar-refractivity contribution in [2.45, 2.75) is 6.42 Å². The third-order valence-corrected chi connectivity index (χ3v) is 2.67. The number of nitrogens with one attached hydrogen (secondary N) is 2. The summed E-state index contributed by atoms with van der Waals surface area (Å²) in [7, 11) is 0. The number of H-pyrrole nitrogens is 1. The van der Waals surface area contributed by atoms with Gasteiger partial charge in [0.2, 0.25) is 5.91 Å². The van der Waals surface area contributed by atoms with Crippen LogP contribution in [0.1, 0.15) is 11.4 Å². The van der Waals surface area contributed by atoms with Crippen LogP contribution in [0.4, 0.5) is 0 Å². The predicted octanol–water partition coefficient (Wildman–Crippen LogP) is 1.97. The van der Waals surface area contributed by atoms with Crippen LogP contribution in [0.5, 0.6) is 0 Å². The highest BCUT2D eigenvalue weighted by molar-refractivity contribution is 6.30. The summed E-state index contributed by atoms with van der Waals surface area (Å²) in [5, 5.41) is 3.51. The average molecular weight is 263 g/mol. The SMILES string of the molecule is O=C([CH]c1ncc[nH]1)NCCc1ccc(Cl)cc1. The number of hydrogen-bond donors (Lipinski definition) is 2. The molecular weight excluding hydrogens is 250 g/mol. The Morgan fingerprint density at radius 3 is 2.83 bits per heavy atom. The maximum Gasteiger partial charge on any atom is 0.232 e. The number of hydrogen-bond acceptors (Lipinski definition) is 2. The van der Waals surface area contributed by atoms with Gasteiger partial charge in [0.15, 0.2) is 0 Å². The standard InChI is InChI=1S/C13H13ClN3O/c14-11-3-1-10(2-4-11)5-6-17-13(18)9-12-15-7-8-16-12/h1-4,7-9H,5-6H2,(H,15,16)(H,17,18). The van der Waals surface area contributed by atoms with Gasteiger partial charge < -0.3 is 10.3 Å². The third kappa shape index (κ3) is 3.89. The second kappa shape index (κ2) is 6.21. The van der Waals surface area contributed by atoms with Crippen LogP contribution >= 0.6 is 11.6 Å². The lowest BCUT2D eigenvalue weighted by atomic mass is 10.1. The summed E-state index contributed by atoms with van der Waals surface area (Å²) in [4.78, 5) is 18.3. The first kappa shape index (κ1) is 12.6. The number of aromatic nitrogens is 2. The van der Waals surface area contributed by atoms with E-state index >= 15 is 0 Å². The van der Waals surface area contributed by atoms with Crippen LogP contribution in [0.15, 0.2) is 36.7 Å². The van der Waals surface area contributed by atoms with Crippen LogP contribution in [0, 0.1) is 6.42 Å².